The SMILES string of the molecule is COc1ncc2c(N3C[C@H](C)N[C@@H](C)C3)ccc(C(=O)Nc3ccc(OC)c(F)c3)c2n1. The summed E-state index contributed by atoms with van der Waals surface area (Å²) >= 11 is 0. The van der Waals surface area contributed by atoms with Crippen LogP contribution in [0.3, 0.4) is 0 Å². The van der Waals surface area contributed by atoms with Crippen LogP contribution in [0.2, 0.25) is 0 Å². The Kier molecular flexibility index (Phi) is 6.09. The topological polar surface area (TPSA) is 88.6 Å². The molecule has 0 unspecified atom stereocenters. The van der Waals surface area contributed by atoms with Crippen molar-refractivity contribution in [2.75, 3.05) is 37.5 Å². The van der Waals surface area contributed by atoms with Crippen LogP contribution in [0.15, 0.2) is 36.5 Å². The van der Waals surface area contributed by atoms with E-state index in [1.165, 1.54) is 26.4 Å². The van der Waals surface area contributed by atoms with Crippen molar-refractivity contribution >= 4 is 28.2 Å². The molecule has 0 spiro atoms. The number of carbonyl (C=O) groups excluding carboxylic acids is 1. The van der Waals surface area contributed by atoms with Gasteiger partial charge in [-0.05, 0) is 38.1 Å². The minimum atomic E-state index is -0.559. The van der Waals surface area contributed by atoms with Crippen LogP contribution >= 0.6 is 0 Å². The second-order valence-corrected chi connectivity index (χ2v) is 7.93. The molecule has 1 aliphatic heterocycles. The lowest BCUT2D eigenvalue weighted by Crippen LogP contribution is -2.54. The number of benzene rings is 2. The zero-order valence-electron chi connectivity index (χ0n) is 18.5. The molecule has 1 amide bonds. The van der Waals surface area contributed by atoms with E-state index in [2.05, 4.69) is 39.3 Å². The van der Waals surface area contributed by atoms with E-state index < -0.39 is 11.7 Å². The largest absolute Gasteiger partial charge is 0.494 e. The molecule has 2 N–H and O–H groups in total. The molecular weight excluding hydrogens is 413 g/mol. The molecule has 1 saturated heterocycles. The van der Waals surface area contributed by atoms with Crippen molar-refractivity contribution in [2.24, 2.45) is 0 Å². The number of hydrogen-bond donors (Lipinski definition) is 2. The summed E-state index contributed by atoms with van der Waals surface area (Å²) in [4.78, 5) is 24.1. The summed E-state index contributed by atoms with van der Waals surface area (Å²) < 4.78 is 24.2. The Balaban J connectivity index is 1.73. The molecule has 2 heterocycles. The summed E-state index contributed by atoms with van der Waals surface area (Å²) in [5, 5.41) is 7.00. The van der Waals surface area contributed by atoms with Gasteiger partial charge in [-0.1, -0.05) is 0 Å². The Bertz CT molecular complexity index is 1150. The average molecular weight is 439 g/mol. The molecule has 32 heavy (non-hydrogen) atoms. The van der Waals surface area contributed by atoms with Crippen LogP contribution in [0.1, 0.15) is 24.2 Å². The normalized spacial score (nSPS) is 18.5. The van der Waals surface area contributed by atoms with Gasteiger partial charge in [0.2, 0.25) is 0 Å². The van der Waals surface area contributed by atoms with Crippen molar-refractivity contribution in [3.05, 3.63) is 47.9 Å². The first kappa shape index (κ1) is 21.8. The van der Waals surface area contributed by atoms with E-state index in [-0.39, 0.29) is 11.8 Å². The van der Waals surface area contributed by atoms with E-state index in [1.54, 1.807) is 18.3 Å². The van der Waals surface area contributed by atoms with E-state index in [9.17, 15) is 9.18 Å². The molecule has 9 heteroatoms. The minimum absolute atomic E-state index is 0.106. The number of carbonyl (C=O) groups is 1. The van der Waals surface area contributed by atoms with Crippen LogP contribution in [0.25, 0.3) is 10.9 Å². The fourth-order valence-corrected chi connectivity index (χ4v) is 4.11. The maximum atomic E-state index is 14.1. The molecule has 1 fully saturated rings. The first-order valence-electron chi connectivity index (χ1n) is 10.4. The van der Waals surface area contributed by atoms with Crippen molar-refractivity contribution in [1.29, 1.82) is 0 Å². The highest BCUT2D eigenvalue weighted by molar-refractivity contribution is 6.13. The van der Waals surface area contributed by atoms with Crippen molar-refractivity contribution < 1.29 is 18.7 Å². The predicted octanol–water partition coefficient (Wildman–Crippen LogP) is 3.23. The number of fused-ring (bicyclic) bond motifs is 1. The van der Waals surface area contributed by atoms with E-state index in [1.807, 2.05) is 6.07 Å². The van der Waals surface area contributed by atoms with Crippen LogP contribution in [0, 0.1) is 5.82 Å². The minimum Gasteiger partial charge on any atom is -0.494 e. The third kappa shape index (κ3) is 4.29. The van der Waals surface area contributed by atoms with E-state index in [0.717, 1.165) is 24.2 Å². The number of ether oxygens (including phenoxy) is 2. The van der Waals surface area contributed by atoms with Crippen LogP contribution in [-0.2, 0) is 0 Å². The molecule has 168 valence electrons. The third-order valence-corrected chi connectivity index (χ3v) is 5.44. The molecule has 4 rings (SSSR count). The fourth-order valence-electron chi connectivity index (χ4n) is 4.11. The van der Waals surface area contributed by atoms with Gasteiger partial charge in [-0.3, -0.25) is 4.79 Å². The van der Waals surface area contributed by atoms with Gasteiger partial charge in [0.15, 0.2) is 11.6 Å². The zero-order valence-corrected chi connectivity index (χ0v) is 18.5. The van der Waals surface area contributed by atoms with Gasteiger partial charge in [-0.25, -0.2) is 9.37 Å². The van der Waals surface area contributed by atoms with Gasteiger partial charge >= 0.3 is 6.01 Å². The standard InChI is InChI=1S/C23H26FN5O3/c1-13-11-29(12-14(2)26-13)19-7-6-16(21-17(19)10-25-23(28-21)32-4)22(30)27-15-5-8-20(31-3)18(24)9-15/h5-10,13-14,26H,11-12H2,1-4H3,(H,27,30)/t13-,14-/m0/s1. The number of rotatable bonds is 5. The summed E-state index contributed by atoms with van der Waals surface area (Å²) in [6, 6.07) is 8.71. The number of aromatic nitrogens is 2. The van der Waals surface area contributed by atoms with Crippen molar-refractivity contribution in [3.63, 3.8) is 0 Å². The Morgan fingerprint density at radius 2 is 1.91 bits per heavy atom. The highest BCUT2D eigenvalue weighted by atomic mass is 19.1. The van der Waals surface area contributed by atoms with E-state index in [4.69, 9.17) is 9.47 Å². The number of hydrogen-bond acceptors (Lipinski definition) is 7. The molecule has 0 radical (unpaired) electrons. The van der Waals surface area contributed by atoms with Crippen LogP contribution in [0.5, 0.6) is 11.8 Å². The Morgan fingerprint density at radius 1 is 1.16 bits per heavy atom. The molecule has 0 saturated carbocycles. The molecule has 2 atom stereocenters. The van der Waals surface area contributed by atoms with Gasteiger partial charge in [0.1, 0.15) is 0 Å². The Labute approximate surface area is 185 Å². The predicted molar refractivity (Wildman–Crippen MR) is 121 cm³/mol. The second kappa shape index (κ2) is 8.96. The zero-order chi connectivity index (χ0) is 22.8. The second-order valence-electron chi connectivity index (χ2n) is 7.93. The number of nitrogens with zero attached hydrogens (tertiary/aromatic N) is 3. The summed E-state index contributed by atoms with van der Waals surface area (Å²) in [6.07, 6.45) is 1.68. The fraction of sp³-hybridized carbons (Fsp3) is 0.348. The number of anilines is 2. The number of nitrogens with one attached hydrogen (secondary N) is 2. The lowest BCUT2D eigenvalue weighted by Gasteiger charge is -2.38. The van der Waals surface area contributed by atoms with Gasteiger partial charge in [0, 0.05) is 54.2 Å². The van der Waals surface area contributed by atoms with Gasteiger partial charge in [0.05, 0.1) is 25.3 Å². The maximum Gasteiger partial charge on any atom is 0.316 e. The molecule has 2 aromatic carbocycles. The Hall–Kier alpha value is -3.46. The Morgan fingerprint density at radius 3 is 2.56 bits per heavy atom. The molecule has 0 aliphatic carbocycles. The number of piperazine rings is 1. The van der Waals surface area contributed by atoms with Crippen molar-refractivity contribution in [2.45, 2.75) is 25.9 Å². The molecule has 0 bridgehead atoms. The van der Waals surface area contributed by atoms with E-state index in [0.29, 0.717) is 28.9 Å². The summed E-state index contributed by atoms with van der Waals surface area (Å²) in [7, 11) is 2.86. The summed E-state index contributed by atoms with van der Waals surface area (Å²) in [5.41, 5.74) is 2.09. The molecule has 1 aromatic heterocycles. The number of halogens is 1. The maximum absolute atomic E-state index is 14.1. The monoisotopic (exact) mass is 439 g/mol. The van der Waals surface area contributed by atoms with Crippen molar-refractivity contribution in [3.8, 4) is 11.8 Å². The van der Waals surface area contributed by atoms with E-state index >= 15 is 0 Å². The molecule has 3 aromatic rings. The van der Waals surface area contributed by atoms with Gasteiger partial charge < -0.3 is 25.0 Å². The quantitative estimate of drug-likeness (QED) is 0.631. The molecule has 1 aliphatic rings. The third-order valence-electron chi connectivity index (χ3n) is 5.44. The van der Waals surface area contributed by atoms with Crippen LogP contribution in [0.4, 0.5) is 15.8 Å². The number of amides is 1. The van der Waals surface area contributed by atoms with Crippen molar-refractivity contribution in [1.82, 2.24) is 15.3 Å². The lowest BCUT2D eigenvalue weighted by atomic mass is 10.0. The average Bonchev–Trinajstić information content (AvgIpc) is 2.77. The highest BCUT2D eigenvalue weighted by Gasteiger charge is 2.24. The van der Waals surface area contributed by atoms with Crippen LogP contribution < -0.4 is 25.0 Å². The smallest absolute Gasteiger partial charge is 0.316 e. The highest BCUT2D eigenvalue weighted by Crippen LogP contribution is 2.31. The lowest BCUT2D eigenvalue weighted by molar-refractivity contribution is 0.102. The van der Waals surface area contributed by atoms with Gasteiger partial charge in [-0.2, -0.15) is 4.98 Å². The van der Waals surface area contributed by atoms with Crippen LogP contribution in [-0.4, -0.2) is 55.3 Å². The first-order valence-corrected chi connectivity index (χ1v) is 10.4. The first-order chi connectivity index (χ1) is 15.4. The molecule has 8 nitrogen and oxygen atoms in total. The summed E-state index contributed by atoms with van der Waals surface area (Å²) in [5.74, 6) is -0.861. The van der Waals surface area contributed by atoms with Gasteiger partial charge in [-0.15, -0.1) is 0 Å². The molecular formula is C23H26FN5O3. The number of methoxy groups -OCH3 is 2. The summed E-state index contributed by atoms with van der Waals surface area (Å²) in [6.45, 7) is 5.92. The van der Waals surface area contributed by atoms with Gasteiger partial charge in [0.25, 0.3) is 5.91 Å².